The summed E-state index contributed by atoms with van der Waals surface area (Å²) in [5.41, 5.74) is 0.777. The predicted octanol–water partition coefficient (Wildman–Crippen LogP) is 2.04. The molecule has 7 heteroatoms. The highest BCUT2D eigenvalue weighted by Gasteiger charge is 2.18. The molecule has 4 nitrogen and oxygen atoms in total. The van der Waals surface area contributed by atoms with Gasteiger partial charge in [-0.3, -0.25) is 0 Å². The minimum atomic E-state index is -3.91. The molecule has 0 bridgehead atoms. The van der Waals surface area contributed by atoms with E-state index in [2.05, 4.69) is 17.6 Å². The largest absolute Gasteiger partial charge is 0.427 e. The van der Waals surface area contributed by atoms with Gasteiger partial charge in [-0.25, -0.2) is 8.42 Å². The number of nitrogens with zero attached hydrogens (tertiary/aromatic N) is 1. The Balaban J connectivity index is 2.75. The number of oxazole rings is 1. The minimum absolute atomic E-state index is 0.363. The molecule has 0 aliphatic heterocycles. The average molecular weight is 250 g/mol. The van der Waals surface area contributed by atoms with Crippen molar-refractivity contribution in [3.05, 3.63) is 18.2 Å². The van der Waals surface area contributed by atoms with E-state index in [1.165, 1.54) is 0 Å². The van der Waals surface area contributed by atoms with Crippen molar-refractivity contribution in [2.75, 3.05) is 0 Å². The van der Waals surface area contributed by atoms with Crippen LogP contribution in [0.25, 0.3) is 11.1 Å². The molecule has 2 aromatic rings. The van der Waals surface area contributed by atoms with E-state index in [4.69, 9.17) is 15.1 Å². The van der Waals surface area contributed by atoms with Gasteiger partial charge >= 0.3 is 14.3 Å². The lowest BCUT2D eigenvalue weighted by Gasteiger charge is -1.86. The maximum absolute atomic E-state index is 10.9. The van der Waals surface area contributed by atoms with Crippen LogP contribution in [0.2, 0.25) is 0 Å². The first-order valence-corrected chi connectivity index (χ1v) is 6.27. The van der Waals surface area contributed by atoms with Gasteiger partial charge < -0.3 is 4.42 Å². The Hall–Kier alpha value is -0.720. The zero-order valence-corrected chi connectivity index (χ0v) is 9.10. The summed E-state index contributed by atoms with van der Waals surface area (Å²) in [5.74, 6) is 0. The van der Waals surface area contributed by atoms with Gasteiger partial charge in [0.05, 0.1) is 0 Å². The summed E-state index contributed by atoms with van der Waals surface area (Å²) in [6, 6.07) is 4.84. The topological polar surface area (TPSA) is 60.2 Å². The molecule has 1 aromatic heterocycles. The summed E-state index contributed by atoms with van der Waals surface area (Å²) in [6.45, 7) is 0. The van der Waals surface area contributed by atoms with Crippen LogP contribution in [0, 0.1) is 0 Å². The number of rotatable bonds is 1. The average Bonchev–Trinajstić information content (AvgIpc) is 2.45. The van der Waals surface area contributed by atoms with E-state index in [0.717, 1.165) is 0 Å². The summed E-state index contributed by atoms with van der Waals surface area (Å²) in [4.78, 5) is 4.38. The van der Waals surface area contributed by atoms with Crippen molar-refractivity contribution < 1.29 is 12.8 Å². The van der Waals surface area contributed by atoms with E-state index in [0.29, 0.717) is 16.0 Å². The van der Waals surface area contributed by atoms with Gasteiger partial charge in [-0.05, 0) is 18.2 Å². The molecule has 0 unspecified atom stereocenters. The summed E-state index contributed by atoms with van der Waals surface area (Å²) >= 11 is 4.08. The van der Waals surface area contributed by atoms with Gasteiger partial charge in [-0.2, -0.15) is 4.98 Å². The molecule has 1 aromatic carbocycles. The number of thiol groups is 1. The Morgan fingerprint density at radius 3 is 2.79 bits per heavy atom. The molecule has 0 fully saturated rings. The Bertz CT molecular complexity index is 590. The number of aromatic nitrogens is 1. The number of hydrogen-bond acceptors (Lipinski definition) is 5. The van der Waals surface area contributed by atoms with Crippen molar-refractivity contribution in [2.45, 2.75) is 10.1 Å². The number of fused-ring (bicyclic) bond motifs is 1. The van der Waals surface area contributed by atoms with Crippen LogP contribution < -0.4 is 0 Å². The highest BCUT2D eigenvalue weighted by atomic mass is 35.7. The normalized spacial score (nSPS) is 12.1. The van der Waals surface area contributed by atoms with Gasteiger partial charge in [0.15, 0.2) is 5.58 Å². The molecule has 14 heavy (non-hydrogen) atoms. The maximum atomic E-state index is 10.9. The molecule has 0 saturated carbocycles. The SMILES string of the molecule is O=S(=O)(Cl)c1nc2cc(S)ccc2o1. The Morgan fingerprint density at radius 1 is 1.43 bits per heavy atom. The maximum Gasteiger partial charge on any atom is 0.332 e. The van der Waals surface area contributed by atoms with Crippen molar-refractivity contribution >= 4 is 43.5 Å². The molecule has 0 radical (unpaired) electrons. The molecular formula is C7H4ClNO3S2. The third-order valence-corrected chi connectivity index (χ3v) is 2.83. The van der Waals surface area contributed by atoms with E-state index >= 15 is 0 Å². The summed E-state index contributed by atoms with van der Waals surface area (Å²) in [6.07, 6.45) is 0. The third-order valence-electron chi connectivity index (χ3n) is 1.56. The van der Waals surface area contributed by atoms with Gasteiger partial charge in [0, 0.05) is 15.6 Å². The van der Waals surface area contributed by atoms with Crippen LogP contribution in [0.1, 0.15) is 0 Å². The van der Waals surface area contributed by atoms with Gasteiger partial charge in [0.25, 0.3) is 0 Å². The third kappa shape index (κ3) is 1.73. The summed E-state index contributed by atoms with van der Waals surface area (Å²) in [5, 5.41) is -0.492. The summed E-state index contributed by atoms with van der Waals surface area (Å²) in [7, 11) is 1.16. The van der Waals surface area contributed by atoms with Crippen molar-refractivity contribution in [3.63, 3.8) is 0 Å². The molecule has 0 atom stereocenters. The highest BCUT2D eigenvalue weighted by molar-refractivity contribution is 8.13. The predicted molar refractivity (Wildman–Crippen MR) is 54.3 cm³/mol. The fourth-order valence-electron chi connectivity index (χ4n) is 0.999. The Labute approximate surface area is 89.7 Å². The van der Waals surface area contributed by atoms with Crippen LogP contribution in [0.5, 0.6) is 0 Å². The highest BCUT2D eigenvalue weighted by Crippen LogP contribution is 2.23. The van der Waals surface area contributed by atoms with E-state index in [1.807, 2.05) is 0 Å². The number of halogens is 1. The van der Waals surface area contributed by atoms with Crippen LogP contribution in [0.3, 0.4) is 0 Å². The number of benzene rings is 1. The quantitative estimate of drug-likeness (QED) is 0.621. The van der Waals surface area contributed by atoms with E-state index in [-0.39, 0.29) is 0 Å². The molecule has 0 saturated heterocycles. The van der Waals surface area contributed by atoms with E-state index in [1.54, 1.807) is 18.2 Å². The van der Waals surface area contributed by atoms with Crippen molar-refractivity contribution in [2.24, 2.45) is 0 Å². The fourth-order valence-corrected chi connectivity index (χ4v) is 1.79. The lowest BCUT2D eigenvalue weighted by molar-refractivity contribution is 0.464. The molecule has 0 amide bonds. The lowest BCUT2D eigenvalue weighted by Crippen LogP contribution is -1.88. The van der Waals surface area contributed by atoms with Crippen LogP contribution in [-0.4, -0.2) is 13.4 Å². The zero-order valence-electron chi connectivity index (χ0n) is 6.64. The molecule has 0 aliphatic rings. The van der Waals surface area contributed by atoms with Crippen LogP contribution in [-0.2, 0) is 9.05 Å². The van der Waals surface area contributed by atoms with Crippen LogP contribution >= 0.6 is 23.3 Å². The van der Waals surface area contributed by atoms with Crippen molar-refractivity contribution in [3.8, 4) is 0 Å². The lowest BCUT2D eigenvalue weighted by atomic mass is 10.3. The van der Waals surface area contributed by atoms with Crippen LogP contribution in [0.15, 0.2) is 32.7 Å². The molecule has 1 heterocycles. The summed E-state index contributed by atoms with van der Waals surface area (Å²) < 4.78 is 26.7. The fraction of sp³-hybridized carbons (Fsp3) is 0. The van der Waals surface area contributed by atoms with Gasteiger partial charge in [0.1, 0.15) is 5.52 Å². The monoisotopic (exact) mass is 249 g/mol. The molecule has 0 aliphatic carbocycles. The van der Waals surface area contributed by atoms with Gasteiger partial charge in [0.2, 0.25) is 0 Å². The van der Waals surface area contributed by atoms with Gasteiger partial charge in [-0.15, -0.1) is 12.6 Å². The molecule has 0 N–H and O–H groups in total. The first kappa shape index (κ1) is 9.82. The Morgan fingerprint density at radius 2 is 2.14 bits per heavy atom. The van der Waals surface area contributed by atoms with Crippen molar-refractivity contribution in [1.82, 2.24) is 4.98 Å². The zero-order chi connectivity index (χ0) is 10.3. The van der Waals surface area contributed by atoms with Crippen LogP contribution in [0.4, 0.5) is 0 Å². The molecule has 0 spiro atoms. The van der Waals surface area contributed by atoms with E-state index in [9.17, 15) is 8.42 Å². The second-order valence-corrected chi connectivity index (χ2v) is 5.53. The molecular weight excluding hydrogens is 246 g/mol. The minimum Gasteiger partial charge on any atom is -0.427 e. The standard InChI is InChI=1S/C7H4ClNO3S2/c8-14(10,11)7-9-5-3-4(13)1-2-6(5)12-7/h1-3,13H. The second kappa shape index (κ2) is 3.15. The van der Waals surface area contributed by atoms with Gasteiger partial charge in [-0.1, -0.05) is 0 Å². The first-order valence-electron chi connectivity index (χ1n) is 3.51. The smallest absolute Gasteiger partial charge is 0.332 e. The molecule has 74 valence electrons. The van der Waals surface area contributed by atoms with E-state index < -0.39 is 14.3 Å². The van der Waals surface area contributed by atoms with Crippen molar-refractivity contribution in [1.29, 1.82) is 0 Å². The number of hydrogen-bond donors (Lipinski definition) is 1. The Kier molecular flexibility index (Phi) is 2.21. The first-order chi connectivity index (χ1) is 6.47. The molecule has 2 rings (SSSR count). The second-order valence-electron chi connectivity index (χ2n) is 2.57.